The molecule has 0 aliphatic carbocycles. The summed E-state index contributed by atoms with van der Waals surface area (Å²) >= 11 is 1.69. The smallest absolute Gasteiger partial charge is 0.233 e. The first-order chi connectivity index (χ1) is 6.91. The number of thioether (sulfide) groups is 1. The molecule has 1 amide bonds. The van der Waals surface area contributed by atoms with Crippen molar-refractivity contribution in [2.45, 2.75) is 38.9 Å². The minimum absolute atomic E-state index is 0.0232. The minimum Gasteiger partial charge on any atom is -0.348 e. The number of hydrogen-bond donors (Lipinski definition) is 1. The summed E-state index contributed by atoms with van der Waals surface area (Å²) in [6, 6.07) is 0. The molecule has 1 atom stereocenters. The van der Waals surface area contributed by atoms with E-state index in [4.69, 9.17) is 0 Å². The highest BCUT2D eigenvalue weighted by molar-refractivity contribution is 8.00. The van der Waals surface area contributed by atoms with E-state index in [1.807, 2.05) is 20.8 Å². The maximum absolute atomic E-state index is 11.6. The summed E-state index contributed by atoms with van der Waals surface area (Å²) in [6.07, 6.45) is 2.05. The first-order valence-corrected chi connectivity index (χ1v) is 6.39. The molecule has 1 aliphatic rings. The van der Waals surface area contributed by atoms with Crippen LogP contribution >= 0.6 is 11.8 Å². The Morgan fingerprint density at radius 2 is 2.07 bits per heavy atom. The molecule has 1 saturated heterocycles. The summed E-state index contributed by atoms with van der Waals surface area (Å²) in [5.74, 6) is 1.17. The van der Waals surface area contributed by atoms with E-state index in [0.29, 0.717) is 0 Å². The highest BCUT2D eigenvalue weighted by Gasteiger charge is 2.26. The lowest BCUT2D eigenvalue weighted by Crippen LogP contribution is -2.39. The molecule has 3 nitrogen and oxygen atoms in total. The standard InChI is InChI=1S/C11H19NO2S/c1-11(2,3)9(13)7-12-10(14)8-5-4-6-15-8/h8H,4-7H2,1-3H3,(H,12,14). The van der Waals surface area contributed by atoms with Crippen molar-refractivity contribution in [1.29, 1.82) is 0 Å². The molecule has 1 fully saturated rings. The number of carbonyl (C=O) groups excluding carboxylic acids is 2. The number of carbonyl (C=O) groups is 2. The zero-order valence-electron chi connectivity index (χ0n) is 9.63. The number of hydrogen-bond acceptors (Lipinski definition) is 3. The lowest BCUT2D eigenvalue weighted by molar-refractivity contribution is -0.128. The van der Waals surface area contributed by atoms with Crippen molar-refractivity contribution in [2.75, 3.05) is 12.3 Å². The fraction of sp³-hybridized carbons (Fsp3) is 0.818. The normalized spacial score (nSPS) is 21.4. The van der Waals surface area contributed by atoms with Gasteiger partial charge in [-0.1, -0.05) is 20.8 Å². The Balaban J connectivity index is 2.30. The third-order valence-electron chi connectivity index (χ3n) is 2.48. The van der Waals surface area contributed by atoms with Crippen LogP contribution in [0.3, 0.4) is 0 Å². The van der Waals surface area contributed by atoms with Crippen molar-refractivity contribution in [1.82, 2.24) is 5.32 Å². The fourth-order valence-electron chi connectivity index (χ4n) is 1.33. The van der Waals surface area contributed by atoms with Gasteiger partial charge in [-0.05, 0) is 18.6 Å². The van der Waals surface area contributed by atoms with Crippen molar-refractivity contribution < 1.29 is 9.59 Å². The van der Waals surface area contributed by atoms with Gasteiger partial charge in [0.1, 0.15) is 0 Å². The quantitative estimate of drug-likeness (QED) is 0.800. The van der Waals surface area contributed by atoms with Gasteiger partial charge >= 0.3 is 0 Å². The molecule has 1 aliphatic heterocycles. The first-order valence-electron chi connectivity index (χ1n) is 5.34. The topological polar surface area (TPSA) is 46.2 Å². The lowest BCUT2D eigenvalue weighted by atomic mass is 9.91. The van der Waals surface area contributed by atoms with E-state index in [1.54, 1.807) is 11.8 Å². The molecule has 1 heterocycles. The summed E-state index contributed by atoms with van der Waals surface area (Å²) in [7, 11) is 0. The SMILES string of the molecule is CC(C)(C)C(=O)CNC(=O)C1CCCS1. The van der Waals surface area contributed by atoms with Crippen LogP contribution < -0.4 is 5.32 Å². The monoisotopic (exact) mass is 229 g/mol. The van der Waals surface area contributed by atoms with Crippen LogP contribution in [0.5, 0.6) is 0 Å². The summed E-state index contributed by atoms with van der Waals surface area (Å²) in [5.41, 5.74) is -0.365. The Labute approximate surface area is 95.4 Å². The van der Waals surface area contributed by atoms with Crippen molar-refractivity contribution in [2.24, 2.45) is 5.41 Å². The van der Waals surface area contributed by atoms with Crippen molar-refractivity contribution in [3.8, 4) is 0 Å². The molecule has 0 bridgehead atoms. The second-order valence-corrected chi connectivity index (χ2v) is 6.20. The van der Waals surface area contributed by atoms with Crippen LogP contribution in [-0.2, 0) is 9.59 Å². The molecule has 0 aromatic rings. The molecular formula is C11H19NO2S. The van der Waals surface area contributed by atoms with Gasteiger partial charge in [0.15, 0.2) is 5.78 Å². The molecule has 4 heteroatoms. The van der Waals surface area contributed by atoms with Crippen LogP contribution in [0, 0.1) is 5.41 Å². The Kier molecular flexibility index (Phi) is 4.20. The fourth-order valence-corrected chi connectivity index (χ4v) is 2.52. The third-order valence-corrected chi connectivity index (χ3v) is 3.86. The van der Waals surface area contributed by atoms with Gasteiger partial charge in [-0.15, -0.1) is 11.8 Å². The Morgan fingerprint density at radius 1 is 1.40 bits per heavy atom. The van der Waals surface area contributed by atoms with Gasteiger partial charge < -0.3 is 5.32 Å². The van der Waals surface area contributed by atoms with E-state index in [1.165, 1.54) is 0 Å². The second-order valence-electron chi connectivity index (χ2n) is 4.89. The summed E-state index contributed by atoms with van der Waals surface area (Å²) in [5, 5.41) is 2.79. The maximum Gasteiger partial charge on any atom is 0.233 e. The summed E-state index contributed by atoms with van der Waals surface area (Å²) < 4.78 is 0. The Morgan fingerprint density at radius 3 is 2.53 bits per heavy atom. The van der Waals surface area contributed by atoms with E-state index < -0.39 is 0 Å². The van der Waals surface area contributed by atoms with Gasteiger partial charge in [0.2, 0.25) is 5.91 Å². The van der Waals surface area contributed by atoms with Gasteiger partial charge in [0.25, 0.3) is 0 Å². The molecule has 0 spiro atoms. The molecule has 15 heavy (non-hydrogen) atoms. The van der Waals surface area contributed by atoms with Crippen LogP contribution in [-0.4, -0.2) is 29.2 Å². The molecule has 1 rings (SSSR count). The van der Waals surface area contributed by atoms with Crippen molar-refractivity contribution in [3.05, 3.63) is 0 Å². The van der Waals surface area contributed by atoms with Crippen molar-refractivity contribution >= 4 is 23.5 Å². The van der Waals surface area contributed by atoms with Crippen LogP contribution in [0.4, 0.5) is 0 Å². The predicted molar refractivity (Wildman–Crippen MR) is 63.0 cm³/mol. The summed E-state index contributed by atoms with van der Waals surface area (Å²) in [4.78, 5) is 23.2. The average molecular weight is 229 g/mol. The number of amides is 1. The van der Waals surface area contributed by atoms with Crippen LogP contribution in [0.15, 0.2) is 0 Å². The Hall–Kier alpha value is -0.510. The van der Waals surface area contributed by atoms with Crippen LogP contribution in [0.25, 0.3) is 0 Å². The van der Waals surface area contributed by atoms with E-state index in [9.17, 15) is 9.59 Å². The largest absolute Gasteiger partial charge is 0.348 e. The summed E-state index contributed by atoms with van der Waals surface area (Å²) in [6.45, 7) is 5.77. The van der Waals surface area contributed by atoms with Crippen LogP contribution in [0.2, 0.25) is 0 Å². The highest BCUT2D eigenvalue weighted by Crippen LogP contribution is 2.26. The molecule has 0 saturated carbocycles. The molecule has 0 aromatic carbocycles. The molecule has 1 unspecified atom stereocenters. The van der Waals surface area contributed by atoms with Crippen molar-refractivity contribution in [3.63, 3.8) is 0 Å². The number of Topliss-reactive ketones (excluding diaryl/α,β-unsaturated/α-hetero) is 1. The number of ketones is 1. The zero-order chi connectivity index (χ0) is 11.5. The number of nitrogens with one attached hydrogen (secondary N) is 1. The minimum atomic E-state index is -0.365. The predicted octanol–water partition coefficient (Wildman–Crippen LogP) is 1.61. The molecule has 1 N–H and O–H groups in total. The Bertz CT molecular complexity index is 252. The van der Waals surface area contributed by atoms with E-state index in [-0.39, 0.29) is 28.9 Å². The van der Waals surface area contributed by atoms with E-state index >= 15 is 0 Å². The third kappa shape index (κ3) is 3.86. The molecule has 0 radical (unpaired) electrons. The zero-order valence-corrected chi connectivity index (χ0v) is 10.4. The molecule has 0 aromatic heterocycles. The van der Waals surface area contributed by atoms with Gasteiger partial charge in [-0.2, -0.15) is 0 Å². The highest BCUT2D eigenvalue weighted by atomic mass is 32.2. The van der Waals surface area contributed by atoms with E-state index in [0.717, 1.165) is 18.6 Å². The second kappa shape index (κ2) is 5.01. The number of rotatable bonds is 3. The van der Waals surface area contributed by atoms with Gasteiger partial charge in [0.05, 0.1) is 11.8 Å². The first kappa shape index (κ1) is 12.6. The van der Waals surface area contributed by atoms with Gasteiger partial charge in [0, 0.05) is 5.41 Å². The van der Waals surface area contributed by atoms with E-state index in [2.05, 4.69) is 5.32 Å². The average Bonchev–Trinajstić information content (AvgIpc) is 2.64. The lowest BCUT2D eigenvalue weighted by Gasteiger charge is -2.17. The van der Waals surface area contributed by atoms with Gasteiger partial charge in [-0.25, -0.2) is 0 Å². The maximum atomic E-state index is 11.6. The van der Waals surface area contributed by atoms with Gasteiger partial charge in [-0.3, -0.25) is 9.59 Å². The molecule has 86 valence electrons. The van der Waals surface area contributed by atoms with Crippen LogP contribution in [0.1, 0.15) is 33.6 Å². The molecular weight excluding hydrogens is 210 g/mol.